The zero-order valence-electron chi connectivity index (χ0n) is 13.8. The van der Waals surface area contributed by atoms with Crippen LogP contribution < -0.4 is 24.6 Å². The van der Waals surface area contributed by atoms with Crippen LogP contribution in [0.5, 0.6) is 23.0 Å². The van der Waals surface area contributed by atoms with E-state index in [0.29, 0.717) is 17.2 Å². The first-order valence-electron chi connectivity index (χ1n) is 7.07. The summed E-state index contributed by atoms with van der Waals surface area (Å²) >= 11 is 0. The number of amides is 1. The lowest BCUT2D eigenvalue weighted by Gasteiger charge is -2.15. The van der Waals surface area contributed by atoms with Crippen molar-refractivity contribution in [3.05, 3.63) is 41.5 Å². The van der Waals surface area contributed by atoms with Crippen LogP contribution in [-0.4, -0.2) is 38.3 Å². The number of aromatic carboxylic acids is 1. The number of carboxylic acid groups (broad SMARTS) is 1. The predicted molar refractivity (Wildman–Crippen MR) is 86.9 cm³/mol. The van der Waals surface area contributed by atoms with Gasteiger partial charge in [-0.25, -0.2) is 4.79 Å². The molecule has 0 aliphatic carbocycles. The number of carboxylic acids is 1. The van der Waals surface area contributed by atoms with E-state index < -0.39 is 23.2 Å². The van der Waals surface area contributed by atoms with Crippen LogP contribution in [0.25, 0.3) is 0 Å². The quantitative estimate of drug-likeness (QED) is 0.818. The summed E-state index contributed by atoms with van der Waals surface area (Å²) in [6.45, 7) is 0. The SMILES string of the molecule is COc1cc(C(=O)Nc2ccc([O-])c(C(=O)O)c2)cc(OC)c1OC. The largest absolute Gasteiger partial charge is 0.872 e. The first-order chi connectivity index (χ1) is 11.9. The molecule has 0 aliphatic rings. The second-order valence-electron chi connectivity index (χ2n) is 4.88. The predicted octanol–water partition coefficient (Wildman–Crippen LogP) is 1.74. The van der Waals surface area contributed by atoms with E-state index in [2.05, 4.69) is 5.32 Å². The van der Waals surface area contributed by atoms with E-state index in [1.807, 2.05) is 0 Å². The van der Waals surface area contributed by atoms with Gasteiger partial charge in [-0.1, -0.05) is 11.8 Å². The molecule has 0 heterocycles. The van der Waals surface area contributed by atoms with Crippen molar-refractivity contribution in [2.75, 3.05) is 26.6 Å². The molecule has 0 bridgehead atoms. The third-order valence-corrected chi connectivity index (χ3v) is 3.39. The van der Waals surface area contributed by atoms with Crippen molar-refractivity contribution >= 4 is 17.6 Å². The summed E-state index contributed by atoms with van der Waals surface area (Å²) < 4.78 is 15.5. The van der Waals surface area contributed by atoms with Gasteiger partial charge in [-0.2, -0.15) is 0 Å². The molecule has 25 heavy (non-hydrogen) atoms. The monoisotopic (exact) mass is 346 g/mol. The fourth-order valence-electron chi connectivity index (χ4n) is 2.19. The van der Waals surface area contributed by atoms with Crippen LogP contribution in [0, 0.1) is 0 Å². The Morgan fingerprint density at radius 2 is 1.60 bits per heavy atom. The fraction of sp³-hybridized carbons (Fsp3) is 0.176. The molecule has 0 unspecified atom stereocenters. The van der Waals surface area contributed by atoms with E-state index in [1.54, 1.807) is 0 Å². The van der Waals surface area contributed by atoms with Gasteiger partial charge in [0.1, 0.15) is 0 Å². The summed E-state index contributed by atoms with van der Waals surface area (Å²) in [5.74, 6) is -1.60. The summed E-state index contributed by atoms with van der Waals surface area (Å²) in [7, 11) is 4.29. The zero-order valence-corrected chi connectivity index (χ0v) is 13.8. The zero-order chi connectivity index (χ0) is 18.6. The molecule has 0 atom stereocenters. The first-order valence-corrected chi connectivity index (χ1v) is 7.07. The molecule has 0 radical (unpaired) electrons. The van der Waals surface area contributed by atoms with Crippen LogP contribution in [0.3, 0.4) is 0 Å². The highest BCUT2D eigenvalue weighted by Crippen LogP contribution is 2.38. The Hall–Kier alpha value is -3.42. The molecule has 1 amide bonds. The van der Waals surface area contributed by atoms with Gasteiger partial charge in [-0.15, -0.1) is 0 Å². The molecule has 0 aromatic heterocycles. The van der Waals surface area contributed by atoms with Crippen LogP contribution in [0.4, 0.5) is 5.69 Å². The molecule has 0 aliphatic heterocycles. The van der Waals surface area contributed by atoms with Crippen molar-refractivity contribution < 1.29 is 34.0 Å². The minimum Gasteiger partial charge on any atom is -0.872 e. The van der Waals surface area contributed by atoms with Gasteiger partial charge in [-0.3, -0.25) is 4.79 Å². The summed E-state index contributed by atoms with van der Waals surface area (Å²) in [6.07, 6.45) is 0. The Morgan fingerprint density at radius 1 is 1.00 bits per heavy atom. The van der Waals surface area contributed by atoms with Gasteiger partial charge in [0.2, 0.25) is 5.75 Å². The van der Waals surface area contributed by atoms with Gasteiger partial charge in [-0.05, 0) is 24.3 Å². The number of rotatable bonds is 6. The van der Waals surface area contributed by atoms with Gasteiger partial charge < -0.3 is 29.7 Å². The molecule has 0 spiro atoms. The molecule has 2 aromatic rings. The second kappa shape index (κ2) is 7.43. The molecule has 0 saturated heterocycles. The second-order valence-corrected chi connectivity index (χ2v) is 4.88. The number of carbonyl (C=O) groups is 2. The highest BCUT2D eigenvalue weighted by molar-refractivity contribution is 6.05. The molecule has 2 N–H and O–H groups in total. The average Bonchev–Trinajstić information content (AvgIpc) is 2.61. The minimum absolute atomic E-state index is 0.177. The van der Waals surface area contributed by atoms with E-state index >= 15 is 0 Å². The van der Waals surface area contributed by atoms with Crippen LogP contribution in [0.2, 0.25) is 0 Å². The number of methoxy groups -OCH3 is 3. The van der Waals surface area contributed by atoms with Gasteiger partial charge in [0, 0.05) is 11.3 Å². The highest BCUT2D eigenvalue weighted by Gasteiger charge is 2.17. The maximum absolute atomic E-state index is 12.4. The van der Waals surface area contributed by atoms with E-state index in [9.17, 15) is 14.7 Å². The number of anilines is 1. The Morgan fingerprint density at radius 3 is 2.08 bits per heavy atom. The van der Waals surface area contributed by atoms with Crippen LogP contribution in [0.15, 0.2) is 30.3 Å². The number of nitrogens with one attached hydrogen (secondary N) is 1. The smallest absolute Gasteiger partial charge is 0.335 e. The van der Waals surface area contributed by atoms with Gasteiger partial charge in [0.25, 0.3) is 5.91 Å². The molecular weight excluding hydrogens is 330 g/mol. The van der Waals surface area contributed by atoms with E-state index in [0.717, 1.165) is 12.1 Å². The fourth-order valence-corrected chi connectivity index (χ4v) is 2.19. The summed E-state index contributed by atoms with van der Waals surface area (Å²) in [5, 5.41) is 23.0. The Labute approximate surface area is 143 Å². The van der Waals surface area contributed by atoms with Crippen molar-refractivity contribution in [2.45, 2.75) is 0 Å². The van der Waals surface area contributed by atoms with Crippen molar-refractivity contribution in [3.8, 4) is 23.0 Å². The van der Waals surface area contributed by atoms with Crippen LogP contribution in [-0.2, 0) is 0 Å². The van der Waals surface area contributed by atoms with E-state index in [4.69, 9.17) is 19.3 Å². The molecule has 8 nitrogen and oxygen atoms in total. The van der Waals surface area contributed by atoms with Crippen LogP contribution >= 0.6 is 0 Å². The number of hydrogen-bond acceptors (Lipinski definition) is 6. The summed E-state index contributed by atoms with van der Waals surface area (Å²) in [5.41, 5.74) is -0.0454. The van der Waals surface area contributed by atoms with Crippen molar-refractivity contribution in [1.29, 1.82) is 0 Å². The first kappa shape index (κ1) is 17.9. The Kier molecular flexibility index (Phi) is 5.33. The maximum atomic E-state index is 12.4. The number of benzene rings is 2. The lowest BCUT2D eigenvalue weighted by atomic mass is 10.1. The van der Waals surface area contributed by atoms with Crippen LogP contribution in [0.1, 0.15) is 20.7 Å². The van der Waals surface area contributed by atoms with Crippen molar-refractivity contribution in [3.63, 3.8) is 0 Å². The normalized spacial score (nSPS) is 10.0. The van der Waals surface area contributed by atoms with Gasteiger partial charge in [0.05, 0.1) is 26.9 Å². The van der Waals surface area contributed by atoms with E-state index in [1.165, 1.54) is 39.5 Å². The molecule has 2 aromatic carbocycles. The molecule has 0 fully saturated rings. The third kappa shape index (κ3) is 3.74. The molecule has 132 valence electrons. The van der Waals surface area contributed by atoms with Crippen molar-refractivity contribution in [2.24, 2.45) is 0 Å². The third-order valence-electron chi connectivity index (χ3n) is 3.39. The maximum Gasteiger partial charge on any atom is 0.335 e. The van der Waals surface area contributed by atoms with Gasteiger partial charge in [0.15, 0.2) is 11.5 Å². The standard InChI is InChI=1S/C17H17NO7/c1-23-13-6-9(7-14(24-2)15(13)25-3)16(20)18-10-4-5-12(19)11(8-10)17(21)22/h4-8,19H,1-3H3,(H,18,20)(H,21,22)/p-1. The molecule has 8 heteroatoms. The lowest BCUT2D eigenvalue weighted by molar-refractivity contribution is -0.268. The number of carbonyl (C=O) groups excluding carboxylic acids is 1. The Bertz CT molecular complexity index is 792. The Balaban J connectivity index is 2.35. The number of ether oxygens (including phenoxy) is 3. The number of hydrogen-bond donors (Lipinski definition) is 2. The molecule has 2 rings (SSSR count). The summed E-state index contributed by atoms with van der Waals surface area (Å²) in [4.78, 5) is 23.4. The average molecular weight is 346 g/mol. The van der Waals surface area contributed by atoms with Gasteiger partial charge >= 0.3 is 5.97 Å². The molecule has 0 saturated carbocycles. The summed E-state index contributed by atoms with van der Waals surface area (Å²) in [6, 6.07) is 6.41. The lowest BCUT2D eigenvalue weighted by Crippen LogP contribution is -2.14. The van der Waals surface area contributed by atoms with Crippen molar-refractivity contribution in [1.82, 2.24) is 0 Å². The minimum atomic E-state index is -1.37. The topological polar surface area (TPSA) is 117 Å². The molecular formula is C17H16NO7-. The highest BCUT2D eigenvalue weighted by atomic mass is 16.5. The van der Waals surface area contributed by atoms with E-state index in [-0.39, 0.29) is 11.3 Å².